The first-order chi connectivity index (χ1) is 8.77. The molecule has 0 bridgehead atoms. The summed E-state index contributed by atoms with van der Waals surface area (Å²) in [7, 11) is 0. The van der Waals surface area contributed by atoms with Gasteiger partial charge < -0.3 is 10.1 Å². The van der Waals surface area contributed by atoms with Gasteiger partial charge in [0.2, 0.25) is 0 Å². The highest BCUT2D eigenvalue weighted by molar-refractivity contribution is 8.07. The Hall–Kier alpha value is -0.580. The third kappa shape index (κ3) is 2.17. The van der Waals surface area contributed by atoms with Crippen molar-refractivity contribution in [3.8, 4) is 0 Å². The predicted octanol–water partition coefficient (Wildman–Crippen LogP) is 3.44. The van der Waals surface area contributed by atoms with Crippen LogP contribution in [0.4, 0.5) is 0 Å². The van der Waals surface area contributed by atoms with Crippen LogP contribution in [0.25, 0.3) is 10.9 Å². The Balaban J connectivity index is 1.93. The molecule has 1 aliphatic rings. The van der Waals surface area contributed by atoms with Gasteiger partial charge in [-0.05, 0) is 6.07 Å². The minimum Gasteiger partial charge on any atom is -0.387 e. The Morgan fingerprint density at radius 3 is 2.89 bits per heavy atom. The van der Waals surface area contributed by atoms with Crippen molar-refractivity contribution in [3.63, 3.8) is 0 Å². The zero-order valence-corrected chi connectivity index (χ0v) is 11.9. The molecule has 18 heavy (non-hydrogen) atoms. The summed E-state index contributed by atoms with van der Waals surface area (Å²) in [6, 6.07) is 8.18. The topological polar surface area (TPSA) is 36.0 Å². The van der Waals surface area contributed by atoms with E-state index in [1.165, 1.54) is 5.75 Å². The molecule has 2 N–H and O–H groups in total. The number of hydrogen-bond acceptors (Lipinski definition) is 3. The van der Waals surface area contributed by atoms with Crippen molar-refractivity contribution in [2.75, 3.05) is 11.5 Å². The van der Waals surface area contributed by atoms with Crippen LogP contribution in [0.3, 0.4) is 0 Å². The lowest BCUT2D eigenvalue weighted by atomic mass is 10.0. The van der Waals surface area contributed by atoms with Crippen LogP contribution in [-0.2, 0) is 0 Å². The maximum Gasteiger partial charge on any atom is 0.0939 e. The predicted molar refractivity (Wildman–Crippen MR) is 81.4 cm³/mol. The van der Waals surface area contributed by atoms with Crippen LogP contribution >= 0.6 is 23.5 Å². The molecule has 3 atom stereocenters. The van der Waals surface area contributed by atoms with Crippen LogP contribution in [0, 0.1) is 0 Å². The lowest BCUT2D eigenvalue weighted by Crippen LogP contribution is -2.29. The summed E-state index contributed by atoms with van der Waals surface area (Å²) < 4.78 is 0. The molecular weight excluding hydrogens is 262 g/mol. The lowest BCUT2D eigenvalue weighted by molar-refractivity contribution is 0.175. The molecule has 1 fully saturated rings. The van der Waals surface area contributed by atoms with Crippen LogP contribution < -0.4 is 0 Å². The first kappa shape index (κ1) is 12.5. The highest BCUT2D eigenvalue weighted by Crippen LogP contribution is 2.40. The average molecular weight is 279 g/mol. The van der Waals surface area contributed by atoms with Gasteiger partial charge in [-0.25, -0.2) is 0 Å². The third-order valence-electron chi connectivity index (χ3n) is 3.49. The van der Waals surface area contributed by atoms with Crippen LogP contribution in [0.2, 0.25) is 0 Å². The smallest absolute Gasteiger partial charge is 0.0939 e. The van der Waals surface area contributed by atoms with Crippen LogP contribution in [0.5, 0.6) is 0 Å². The van der Waals surface area contributed by atoms with Crippen molar-refractivity contribution in [1.29, 1.82) is 0 Å². The molecule has 3 rings (SSSR count). The van der Waals surface area contributed by atoms with Gasteiger partial charge in [0.1, 0.15) is 0 Å². The van der Waals surface area contributed by atoms with Gasteiger partial charge >= 0.3 is 0 Å². The number of aromatic amines is 1. The van der Waals surface area contributed by atoms with E-state index >= 15 is 0 Å². The van der Waals surface area contributed by atoms with Gasteiger partial charge in [-0.1, -0.05) is 25.1 Å². The largest absolute Gasteiger partial charge is 0.387 e. The number of benzene rings is 1. The van der Waals surface area contributed by atoms with Crippen LogP contribution in [0.1, 0.15) is 18.6 Å². The first-order valence-electron chi connectivity index (χ1n) is 6.24. The Morgan fingerprint density at radius 1 is 1.28 bits per heavy atom. The molecule has 96 valence electrons. The summed E-state index contributed by atoms with van der Waals surface area (Å²) in [5, 5.41) is 12.6. The maximum absolute atomic E-state index is 10.6. The molecule has 0 radical (unpaired) electrons. The number of hydrogen-bond donors (Lipinski definition) is 2. The zero-order chi connectivity index (χ0) is 12.5. The first-order valence-corrected chi connectivity index (χ1v) is 8.34. The van der Waals surface area contributed by atoms with Gasteiger partial charge in [-0.15, -0.1) is 0 Å². The minimum absolute atomic E-state index is 0.294. The molecule has 2 heterocycles. The molecule has 4 heteroatoms. The fourth-order valence-electron chi connectivity index (χ4n) is 2.51. The summed E-state index contributed by atoms with van der Waals surface area (Å²) in [4.78, 5) is 3.25. The lowest BCUT2D eigenvalue weighted by Gasteiger charge is -2.31. The highest BCUT2D eigenvalue weighted by Gasteiger charge is 2.31. The molecule has 1 saturated heterocycles. The number of rotatable bonds is 2. The van der Waals surface area contributed by atoms with Crippen molar-refractivity contribution in [2.45, 2.75) is 23.5 Å². The number of H-pyrrole nitrogens is 1. The third-order valence-corrected chi connectivity index (χ3v) is 6.67. The number of thioether (sulfide) groups is 2. The van der Waals surface area contributed by atoms with E-state index in [4.69, 9.17) is 0 Å². The van der Waals surface area contributed by atoms with Gasteiger partial charge in [0.25, 0.3) is 0 Å². The van der Waals surface area contributed by atoms with E-state index in [-0.39, 0.29) is 6.10 Å². The summed E-state index contributed by atoms with van der Waals surface area (Å²) in [6.45, 7) is 2.22. The Labute approximate surface area is 116 Å². The van der Waals surface area contributed by atoms with Crippen molar-refractivity contribution in [1.82, 2.24) is 4.98 Å². The second kappa shape index (κ2) is 5.19. The van der Waals surface area contributed by atoms with Gasteiger partial charge in [0, 0.05) is 44.7 Å². The highest BCUT2D eigenvalue weighted by atomic mass is 32.2. The Kier molecular flexibility index (Phi) is 3.59. The molecule has 1 aromatic heterocycles. The molecule has 2 aromatic rings. The molecule has 0 saturated carbocycles. The van der Waals surface area contributed by atoms with E-state index < -0.39 is 0 Å². The standard InChI is InChI=1S/C14H17NOS2/c1-9-14(18-7-6-17-9)13(16)11-8-15-12-5-3-2-4-10(11)12/h2-5,8-9,13-16H,6-7H2,1H3. The number of aliphatic hydroxyl groups excluding tert-OH is 1. The zero-order valence-electron chi connectivity index (χ0n) is 10.3. The van der Waals surface area contributed by atoms with Crippen molar-refractivity contribution < 1.29 is 5.11 Å². The molecule has 0 aliphatic carbocycles. The fourth-order valence-corrected chi connectivity index (χ4v) is 5.34. The fraction of sp³-hybridized carbons (Fsp3) is 0.429. The number of aromatic nitrogens is 1. The van der Waals surface area contributed by atoms with E-state index in [0.717, 1.165) is 22.2 Å². The van der Waals surface area contributed by atoms with E-state index in [9.17, 15) is 5.11 Å². The Morgan fingerprint density at radius 2 is 2.06 bits per heavy atom. The van der Waals surface area contributed by atoms with Crippen LogP contribution in [0.15, 0.2) is 30.5 Å². The maximum atomic E-state index is 10.6. The summed E-state index contributed by atoms with van der Waals surface area (Å²) in [6.07, 6.45) is 1.58. The number of nitrogens with one attached hydrogen (secondary N) is 1. The SMILES string of the molecule is CC1SCCSC1C(O)c1c[nH]c2ccccc12. The monoisotopic (exact) mass is 279 g/mol. The van der Waals surface area contributed by atoms with E-state index in [1.807, 2.05) is 41.9 Å². The molecule has 1 aromatic carbocycles. The molecule has 1 aliphatic heterocycles. The minimum atomic E-state index is -0.381. The second-order valence-electron chi connectivity index (χ2n) is 4.65. The molecule has 0 spiro atoms. The number of aliphatic hydroxyl groups is 1. The number of fused-ring (bicyclic) bond motifs is 1. The quantitative estimate of drug-likeness (QED) is 0.884. The summed E-state index contributed by atoms with van der Waals surface area (Å²) in [5.74, 6) is 2.34. The van der Waals surface area contributed by atoms with Crippen molar-refractivity contribution in [2.24, 2.45) is 0 Å². The summed E-state index contributed by atoms with van der Waals surface area (Å²) in [5.41, 5.74) is 2.14. The average Bonchev–Trinajstić information content (AvgIpc) is 2.82. The molecule has 3 unspecified atom stereocenters. The van der Waals surface area contributed by atoms with Crippen molar-refractivity contribution >= 4 is 34.4 Å². The van der Waals surface area contributed by atoms with Crippen LogP contribution in [-0.4, -0.2) is 32.1 Å². The van der Waals surface area contributed by atoms with E-state index in [2.05, 4.69) is 24.0 Å². The molecule has 0 amide bonds. The van der Waals surface area contributed by atoms with E-state index in [1.54, 1.807) is 0 Å². The Bertz CT molecular complexity index is 539. The molecule has 2 nitrogen and oxygen atoms in total. The molecular formula is C14H17NOS2. The second-order valence-corrected chi connectivity index (χ2v) is 7.42. The van der Waals surface area contributed by atoms with Gasteiger partial charge in [-0.3, -0.25) is 0 Å². The van der Waals surface area contributed by atoms with Gasteiger partial charge in [0.15, 0.2) is 0 Å². The summed E-state index contributed by atoms with van der Waals surface area (Å²) >= 11 is 3.87. The van der Waals surface area contributed by atoms with Gasteiger partial charge in [0.05, 0.1) is 6.10 Å². The van der Waals surface area contributed by atoms with Gasteiger partial charge in [-0.2, -0.15) is 23.5 Å². The van der Waals surface area contributed by atoms with E-state index in [0.29, 0.717) is 10.5 Å². The van der Waals surface area contributed by atoms with Crippen molar-refractivity contribution in [3.05, 3.63) is 36.0 Å². The number of para-hydroxylation sites is 1. The normalized spacial score (nSPS) is 26.3.